The van der Waals surface area contributed by atoms with Gasteiger partial charge in [0.1, 0.15) is 23.9 Å². The number of nitrogen functional groups attached to an aromatic ring is 2. The van der Waals surface area contributed by atoms with Crippen LogP contribution in [0.2, 0.25) is 0 Å². The summed E-state index contributed by atoms with van der Waals surface area (Å²) in [7, 11) is 3.02. The number of nitrogens with zero attached hydrogens (tertiary/aromatic N) is 2. The number of hydrogen-bond acceptors (Lipinski definition) is 8. The van der Waals surface area contributed by atoms with E-state index in [1.807, 2.05) is 0 Å². The van der Waals surface area contributed by atoms with Crippen LogP contribution in [-0.2, 0) is 11.3 Å². The van der Waals surface area contributed by atoms with Gasteiger partial charge in [-0.3, -0.25) is 0 Å². The number of aromatic nitrogens is 2. The molecule has 0 saturated carbocycles. The number of carbonyl (C=O) groups is 1. The minimum Gasteiger partial charge on any atom is -0.497 e. The van der Waals surface area contributed by atoms with E-state index in [0.717, 1.165) is 5.56 Å². The molecule has 0 saturated heterocycles. The van der Waals surface area contributed by atoms with Gasteiger partial charge in [-0.2, -0.15) is 4.98 Å². The first-order valence-corrected chi connectivity index (χ1v) is 7.72. The van der Waals surface area contributed by atoms with Gasteiger partial charge in [0, 0.05) is 11.5 Å². The van der Waals surface area contributed by atoms with Gasteiger partial charge in [0.2, 0.25) is 5.95 Å². The summed E-state index contributed by atoms with van der Waals surface area (Å²) < 4.78 is 15.7. The SMILES string of the molecule is COc1cc(OC)cc(C(=O)OCc2ccc3nc(N)nc(N)c3c2)c1. The molecule has 8 heteroatoms. The first kappa shape index (κ1) is 17.3. The Balaban J connectivity index is 1.78. The van der Waals surface area contributed by atoms with Crippen LogP contribution in [-0.4, -0.2) is 30.2 Å². The van der Waals surface area contributed by atoms with E-state index in [2.05, 4.69) is 9.97 Å². The molecule has 0 unspecified atom stereocenters. The average molecular weight is 354 g/mol. The molecule has 4 N–H and O–H groups in total. The summed E-state index contributed by atoms with van der Waals surface area (Å²) in [5, 5.41) is 0.649. The van der Waals surface area contributed by atoms with E-state index in [9.17, 15) is 4.79 Å². The van der Waals surface area contributed by atoms with E-state index in [4.69, 9.17) is 25.7 Å². The van der Waals surface area contributed by atoms with Crippen LogP contribution >= 0.6 is 0 Å². The zero-order valence-electron chi connectivity index (χ0n) is 14.4. The second kappa shape index (κ2) is 7.14. The molecule has 3 rings (SSSR count). The Morgan fingerprint density at radius 3 is 2.35 bits per heavy atom. The van der Waals surface area contributed by atoms with Gasteiger partial charge < -0.3 is 25.7 Å². The summed E-state index contributed by atoms with van der Waals surface area (Å²) >= 11 is 0. The van der Waals surface area contributed by atoms with E-state index >= 15 is 0 Å². The second-order valence-electron chi connectivity index (χ2n) is 5.50. The van der Waals surface area contributed by atoms with Gasteiger partial charge in [0.15, 0.2) is 0 Å². The molecule has 0 aliphatic carbocycles. The summed E-state index contributed by atoms with van der Waals surface area (Å²) in [4.78, 5) is 20.4. The molecule has 134 valence electrons. The van der Waals surface area contributed by atoms with Crippen LogP contribution in [0.3, 0.4) is 0 Å². The van der Waals surface area contributed by atoms with Crippen molar-refractivity contribution < 1.29 is 19.0 Å². The molecule has 0 fully saturated rings. The highest BCUT2D eigenvalue weighted by Crippen LogP contribution is 2.24. The maximum Gasteiger partial charge on any atom is 0.338 e. The van der Waals surface area contributed by atoms with Gasteiger partial charge >= 0.3 is 5.97 Å². The number of rotatable bonds is 5. The van der Waals surface area contributed by atoms with Gasteiger partial charge in [-0.05, 0) is 29.8 Å². The number of anilines is 2. The topological polar surface area (TPSA) is 123 Å². The summed E-state index contributed by atoms with van der Waals surface area (Å²) in [6.45, 7) is 0.0676. The fourth-order valence-electron chi connectivity index (χ4n) is 2.47. The third kappa shape index (κ3) is 3.59. The maximum atomic E-state index is 12.3. The molecular formula is C18H18N4O4. The largest absolute Gasteiger partial charge is 0.497 e. The number of fused-ring (bicyclic) bond motifs is 1. The lowest BCUT2D eigenvalue weighted by Crippen LogP contribution is -2.06. The lowest BCUT2D eigenvalue weighted by atomic mass is 10.1. The van der Waals surface area contributed by atoms with E-state index in [0.29, 0.717) is 28.0 Å². The van der Waals surface area contributed by atoms with Gasteiger partial charge in [0.25, 0.3) is 0 Å². The normalized spacial score (nSPS) is 10.5. The Hall–Kier alpha value is -3.55. The van der Waals surface area contributed by atoms with E-state index in [1.54, 1.807) is 36.4 Å². The van der Waals surface area contributed by atoms with Crippen LogP contribution in [0.5, 0.6) is 11.5 Å². The Morgan fingerprint density at radius 2 is 1.69 bits per heavy atom. The standard InChI is InChI=1S/C18H18N4O4/c1-24-12-6-11(7-13(8-12)25-2)17(23)26-9-10-3-4-15-14(5-10)16(19)22-18(20)21-15/h3-8H,9H2,1-2H3,(H4,19,20,21,22). The highest BCUT2D eigenvalue weighted by molar-refractivity contribution is 5.91. The van der Waals surface area contributed by atoms with Crippen molar-refractivity contribution in [3.63, 3.8) is 0 Å². The van der Waals surface area contributed by atoms with E-state index in [1.165, 1.54) is 14.2 Å². The average Bonchev–Trinajstić information content (AvgIpc) is 2.65. The molecular weight excluding hydrogens is 336 g/mol. The molecule has 0 radical (unpaired) electrons. The Labute approximate surface area is 149 Å². The molecule has 2 aromatic carbocycles. The molecule has 0 spiro atoms. The number of nitrogens with two attached hydrogens (primary N) is 2. The maximum absolute atomic E-state index is 12.3. The van der Waals surface area contributed by atoms with Gasteiger partial charge in [0.05, 0.1) is 25.3 Å². The predicted molar refractivity (Wildman–Crippen MR) is 97.0 cm³/mol. The predicted octanol–water partition coefficient (Wildman–Crippen LogP) is 2.17. The van der Waals surface area contributed by atoms with Crippen molar-refractivity contribution in [2.24, 2.45) is 0 Å². The van der Waals surface area contributed by atoms with Crippen molar-refractivity contribution in [2.75, 3.05) is 25.7 Å². The van der Waals surface area contributed by atoms with Crippen molar-refractivity contribution in [2.45, 2.75) is 6.61 Å². The van der Waals surface area contributed by atoms with Crippen molar-refractivity contribution >= 4 is 28.6 Å². The number of carbonyl (C=O) groups excluding carboxylic acids is 1. The lowest BCUT2D eigenvalue weighted by Gasteiger charge is -2.10. The molecule has 1 heterocycles. The third-order valence-corrected chi connectivity index (χ3v) is 3.76. The summed E-state index contributed by atoms with van der Waals surface area (Å²) in [5.74, 6) is 0.900. The van der Waals surface area contributed by atoms with Crippen LogP contribution in [0.15, 0.2) is 36.4 Å². The molecule has 1 aromatic heterocycles. The smallest absolute Gasteiger partial charge is 0.338 e. The fraction of sp³-hybridized carbons (Fsp3) is 0.167. The highest BCUT2D eigenvalue weighted by Gasteiger charge is 2.12. The summed E-state index contributed by atoms with van der Waals surface area (Å²) in [6.07, 6.45) is 0. The van der Waals surface area contributed by atoms with E-state index < -0.39 is 5.97 Å². The molecule has 3 aromatic rings. The monoisotopic (exact) mass is 354 g/mol. The zero-order valence-corrected chi connectivity index (χ0v) is 14.4. The first-order chi connectivity index (χ1) is 12.5. The van der Waals surface area contributed by atoms with Crippen molar-refractivity contribution in [1.29, 1.82) is 0 Å². The zero-order chi connectivity index (χ0) is 18.7. The van der Waals surface area contributed by atoms with Crippen LogP contribution in [0.25, 0.3) is 10.9 Å². The van der Waals surface area contributed by atoms with Crippen molar-refractivity contribution in [1.82, 2.24) is 9.97 Å². The molecule has 8 nitrogen and oxygen atoms in total. The number of ether oxygens (including phenoxy) is 3. The molecule has 0 atom stereocenters. The quantitative estimate of drug-likeness (QED) is 0.668. The Morgan fingerprint density at radius 1 is 1.00 bits per heavy atom. The van der Waals surface area contributed by atoms with Crippen LogP contribution in [0.4, 0.5) is 11.8 Å². The van der Waals surface area contributed by atoms with Crippen LogP contribution in [0.1, 0.15) is 15.9 Å². The summed E-state index contributed by atoms with van der Waals surface area (Å²) in [5.41, 5.74) is 13.2. The Bertz CT molecular complexity index is 953. The van der Waals surface area contributed by atoms with E-state index in [-0.39, 0.29) is 18.4 Å². The van der Waals surface area contributed by atoms with Crippen molar-refractivity contribution in [3.05, 3.63) is 47.5 Å². The lowest BCUT2D eigenvalue weighted by molar-refractivity contribution is 0.0472. The van der Waals surface area contributed by atoms with Gasteiger partial charge in [-0.25, -0.2) is 9.78 Å². The number of benzene rings is 2. The summed E-state index contributed by atoms with van der Waals surface area (Å²) in [6, 6.07) is 10.1. The van der Waals surface area contributed by atoms with Gasteiger partial charge in [-0.1, -0.05) is 6.07 Å². The van der Waals surface area contributed by atoms with Crippen LogP contribution in [0, 0.1) is 0 Å². The number of methoxy groups -OCH3 is 2. The minimum absolute atomic E-state index is 0.0676. The van der Waals surface area contributed by atoms with Crippen molar-refractivity contribution in [3.8, 4) is 11.5 Å². The molecule has 0 aliphatic heterocycles. The molecule has 0 amide bonds. The number of esters is 1. The second-order valence-corrected chi connectivity index (χ2v) is 5.50. The minimum atomic E-state index is -0.496. The molecule has 0 aliphatic rings. The first-order valence-electron chi connectivity index (χ1n) is 7.72. The van der Waals surface area contributed by atoms with Gasteiger partial charge in [-0.15, -0.1) is 0 Å². The highest BCUT2D eigenvalue weighted by atomic mass is 16.5. The third-order valence-electron chi connectivity index (χ3n) is 3.76. The van der Waals surface area contributed by atoms with Crippen LogP contribution < -0.4 is 20.9 Å². The molecule has 26 heavy (non-hydrogen) atoms. The fourth-order valence-corrected chi connectivity index (χ4v) is 2.47. The Kier molecular flexibility index (Phi) is 4.74. The molecule has 0 bridgehead atoms. The number of hydrogen-bond donors (Lipinski definition) is 2.